The molecule has 1 aromatic heterocycles. The Morgan fingerprint density at radius 1 is 1.13 bits per heavy atom. The van der Waals surface area contributed by atoms with E-state index in [0.29, 0.717) is 0 Å². The maximum atomic E-state index is 4.19. The first-order chi connectivity index (χ1) is 6.83. The lowest BCUT2D eigenvalue weighted by Crippen LogP contribution is -1.86. The lowest BCUT2D eigenvalue weighted by Gasteiger charge is -1.99. The van der Waals surface area contributed by atoms with Gasteiger partial charge in [0.25, 0.3) is 0 Å². The number of rotatable bonds is 7. The average Bonchev–Trinajstić information content (AvgIpc) is 2.58. The Morgan fingerprint density at radius 3 is 2.40 bits per heavy atom. The van der Waals surface area contributed by atoms with Gasteiger partial charge >= 0.3 is 0 Å². The zero-order valence-electron chi connectivity index (χ0n) is 9.88. The number of halogens is 1. The molecule has 0 bridgehead atoms. The van der Waals surface area contributed by atoms with E-state index in [1.165, 1.54) is 44.2 Å². The lowest BCUT2D eigenvalue weighted by molar-refractivity contribution is 0.605. The van der Waals surface area contributed by atoms with Crippen molar-refractivity contribution in [2.75, 3.05) is 0 Å². The molecule has 0 saturated heterocycles. The summed E-state index contributed by atoms with van der Waals surface area (Å²) in [5, 5.41) is 0. The molecule has 0 atom stereocenters. The third kappa shape index (κ3) is 6.72. The van der Waals surface area contributed by atoms with Crippen LogP contribution in [0, 0.1) is 6.92 Å². The van der Waals surface area contributed by atoms with Gasteiger partial charge in [0.1, 0.15) is 5.82 Å². The minimum Gasteiger partial charge on any atom is -0.346 e. The van der Waals surface area contributed by atoms with Crippen LogP contribution < -0.4 is 0 Å². The fourth-order valence-corrected chi connectivity index (χ4v) is 1.69. The van der Waals surface area contributed by atoms with Gasteiger partial charge < -0.3 is 4.98 Å². The zero-order valence-corrected chi connectivity index (χ0v) is 11.6. The summed E-state index contributed by atoms with van der Waals surface area (Å²) in [5.41, 5.74) is 1.29. The second-order valence-corrected chi connectivity index (χ2v) is 4.01. The predicted molar refractivity (Wildman–Crippen MR) is 70.7 cm³/mol. The molecule has 0 aliphatic heterocycles. The van der Waals surface area contributed by atoms with E-state index in [0.717, 1.165) is 12.2 Å². The molecule has 2 nitrogen and oxygen atoms in total. The van der Waals surface area contributed by atoms with E-state index in [4.69, 9.17) is 0 Å². The topological polar surface area (TPSA) is 28.7 Å². The van der Waals surface area contributed by atoms with E-state index < -0.39 is 0 Å². The SMILES string of the molecule is Br.CCCCCCCCc1cnc(C)[nH]1. The van der Waals surface area contributed by atoms with E-state index >= 15 is 0 Å². The Balaban J connectivity index is 0.00000196. The van der Waals surface area contributed by atoms with Gasteiger partial charge in [0.15, 0.2) is 0 Å². The highest BCUT2D eigenvalue weighted by Gasteiger charge is 1.96. The van der Waals surface area contributed by atoms with Gasteiger partial charge in [0.2, 0.25) is 0 Å². The third-order valence-corrected chi connectivity index (χ3v) is 2.56. The molecule has 15 heavy (non-hydrogen) atoms. The normalized spacial score (nSPS) is 10.0. The van der Waals surface area contributed by atoms with Crippen LogP contribution >= 0.6 is 17.0 Å². The summed E-state index contributed by atoms with van der Waals surface area (Å²) in [4.78, 5) is 7.46. The number of aryl methyl sites for hydroxylation is 2. The van der Waals surface area contributed by atoms with E-state index in [2.05, 4.69) is 16.9 Å². The fraction of sp³-hybridized carbons (Fsp3) is 0.750. The molecule has 0 fully saturated rings. The first-order valence-electron chi connectivity index (χ1n) is 5.83. The van der Waals surface area contributed by atoms with E-state index in [9.17, 15) is 0 Å². The summed E-state index contributed by atoms with van der Waals surface area (Å²) in [5.74, 6) is 1.03. The van der Waals surface area contributed by atoms with Crippen molar-refractivity contribution in [1.82, 2.24) is 9.97 Å². The second kappa shape index (κ2) is 8.96. The van der Waals surface area contributed by atoms with E-state index in [1.54, 1.807) is 0 Å². The van der Waals surface area contributed by atoms with Crippen molar-refractivity contribution in [3.05, 3.63) is 17.7 Å². The summed E-state index contributed by atoms with van der Waals surface area (Å²) in [6, 6.07) is 0. The molecule has 88 valence electrons. The highest BCUT2D eigenvalue weighted by atomic mass is 79.9. The van der Waals surface area contributed by atoms with Crippen LogP contribution in [0.2, 0.25) is 0 Å². The van der Waals surface area contributed by atoms with Gasteiger partial charge in [-0.25, -0.2) is 4.98 Å². The molecule has 0 aliphatic carbocycles. The van der Waals surface area contributed by atoms with Crippen molar-refractivity contribution in [2.45, 2.75) is 58.8 Å². The van der Waals surface area contributed by atoms with Crippen molar-refractivity contribution < 1.29 is 0 Å². The molecule has 0 amide bonds. The molecule has 1 rings (SSSR count). The molecule has 1 aromatic rings. The van der Waals surface area contributed by atoms with Crippen LogP contribution in [-0.2, 0) is 6.42 Å². The van der Waals surface area contributed by atoms with Crippen molar-refractivity contribution >= 4 is 17.0 Å². The van der Waals surface area contributed by atoms with Crippen LogP contribution in [0.15, 0.2) is 6.20 Å². The van der Waals surface area contributed by atoms with Gasteiger partial charge in [-0.05, 0) is 19.8 Å². The highest BCUT2D eigenvalue weighted by molar-refractivity contribution is 8.93. The largest absolute Gasteiger partial charge is 0.346 e. The molecule has 1 heterocycles. The van der Waals surface area contributed by atoms with Crippen molar-refractivity contribution in [3.8, 4) is 0 Å². The Morgan fingerprint density at radius 2 is 1.80 bits per heavy atom. The lowest BCUT2D eigenvalue weighted by atomic mass is 10.1. The fourth-order valence-electron chi connectivity index (χ4n) is 1.69. The quantitative estimate of drug-likeness (QED) is 0.742. The Labute approximate surface area is 104 Å². The Hall–Kier alpha value is -0.310. The second-order valence-electron chi connectivity index (χ2n) is 4.01. The van der Waals surface area contributed by atoms with E-state index in [-0.39, 0.29) is 17.0 Å². The van der Waals surface area contributed by atoms with Crippen LogP contribution in [0.1, 0.15) is 57.0 Å². The third-order valence-electron chi connectivity index (χ3n) is 2.56. The number of nitrogens with one attached hydrogen (secondary N) is 1. The molecule has 0 spiro atoms. The van der Waals surface area contributed by atoms with E-state index in [1.807, 2.05) is 13.1 Å². The number of hydrogen-bond donors (Lipinski definition) is 1. The standard InChI is InChI=1S/C12H22N2.BrH/c1-3-4-5-6-7-8-9-12-10-13-11(2)14-12;/h10H,3-9H2,1-2H3,(H,13,14);1H. The monoisotopic (exact) mass is 274 g/mol. The van der Waals surface area contributed by atoms with Gasteiger partial charge in [-0.2, -0.15) is 0 Å². The number of aromatic amines is 1. The van der Waals surface area contributed by atoms with Gasteiger partial charge in [-0.1, -0.05) is 39.0 Å². The van der Waals surface area contributed by atoms with Crippen molar-refractivity contribution in [1.29, 1.82) is 0 Å². The molecular formula is C12H23BrN2. The summed E-state index contributed by atoms with van der Waals surface area (Å²) in [7, 11) is 0. The van der Waals surface area contributed by atoms with Crippen LogP contribution in [0.3, 0.4) is 0 Å². The minimum atomic E-state index is 0. The minimum absolute atomic E-state index is 0. The predicted octanol–water partition coefficient (Wildman–Crippen LogP) is 4.20. The van der Waals surface area contributed by atoms with Gasteiger partial charge in [-0.3, -0.25) is 0 Å². The van der Waals surface area contributed by atoms with Crippen LogP contribution in [-0.4, -0.2) is 9.97 Å². The molecule has 0 radical (unpaired) electrons. The summed E-state index contributed by atoms with van der Waals surface area (Å²) in [6.45, 7) is 4.26. The van der Waals surface area contributed by atoms with Crippen LogP contribution in [0.4, 0.5) is 0 Å². The number of H-pyrrole nitrogens is 1. The van der Waals surface area contributed by atoms with Crippen LogP contribution in [0.5, 0.6) is 0 Å². The van der Waals surface area contributed by atoms with Crippen LogP contribution in [0.25, 0.3) is 0 Å². The number of nitrogens with zero attached hydrogens (tertiary/aromatic N) is 1. The number of unbranched alkanes of at least 4 members (excludes halogenated alkanes) is 5. The zero-order chi connectivity index (χ0) is 10.2. The summed E-state index contributed by atoms with van der Waals surface area (Å²) < 4.78 is 0. The molecule has 0 saturated carbocycles. The van der Waals surface area contributed by atoms with Crippen molar-refractivity contribution in [3.63, 3.8) is 0 Å². The molecular weight excluding hydrogens is 252 g/mol. The molecule has 0 aromatic carbocycles. The maximum Gasteiger partial charge on any atom is 0.103 e. The highest BCUT2D eigenvalue weighted by Crippen LogP contribution is 2.08. The maximum absolute atomic E-state index is 4.19. The van der Waals surface area contributed by atoms with Gasteiger partial charge in [-0.15, -0.1) is 17.0 Å². The number of aromatic nitrogens is 2. The number of hydrogen-bond acceptors (Lipinski definition) is 1. The number of imidazole rings is 1. The molecule has 0 aliphatic rings. The summed E-state index contributed by atoms with van der Waals surface area (Å²) in [6.07, 6.45) is 11.3. The molecule has 0 unspecified atom stereocenters. The average molecular weight is 275 g/mol. The Bertz CT molecular complexity index is 246. The first kappa shape index (κ1) is 14.7. The van der Waals surface area contributed by atoms with Gasteiger partial charge in [0, 0.05) is 11.9 Å². The summed E-state index contributed by atoms with van der Waals surface area (Å²) >= 11 is 0. The first-order valence-corrected chi connectivity index (χ1v) is 5.83. The van der Waals surface area contributed by atoms with Gasteiger partial charge in [0.05, 0.1) is 0 Å². The Kier molecular flexibility index (Phi) is 8.77. The molecule has 1 N–H and O–H groups in total. The smallest absolute Gasteiger partial charge is 0.103 e. The molecule has 3 heteroatoms. The van der Waals surface area contributed by atoms with Crippen molar-refractivity contribution in [2.24, 2.45) is 0 Å².